The molecule has 2 amide bonds. The van der Waals surface area contributed by atoms with Crippen LogP contribution in [0.4, 0.5) is 5.69 Å². The second kappa shape index (κ2) is 11.3. The molecule has 0 bridgehead atoms. The van der Waals surface area contributed by atoms with E-state index in [0.717, 1.165) is 37.4 Å². The summed E-state index contributed by atoms with van der Waals surface area (Å²) in [6.07, 6.45) is 6.70. The van der Waals surface area contributed by atoms with Crippen LogP contribution in [0.5, 0.6) is 5.75 Å². The molecule has 1 aliphatic heterocycles. The lowest BCUT2D eigenvalue weighted by Gasteiger charge is -2.37. The summed E-state index contributed by atoms with van der Waals surface area (Å²) in [5, 5.41) is 0. The van der Waals surface area contributed by atoms with Crippen LogP contribution in [-0.4, -0.2) is 78.0 Å². The Kier molecular flexibility index (Phi) is 8.20. The van der Waals surface area contributed by atoms with Gasteiger partial charge in [0.2, 0.25) is 5.91 Å². The summed E-state index contributed by atoms with van der Waals surface area (Å²) < 4.78 is 5.46. The molecule has 31 heavy (non-hydrogen) atoms. The van der Waals surface area contributed by atoms with Gasteiger partial charge in [0.05, 0.1) is 19.0 Å². The molecule has 0 radical (unpaired) electrons. The summed E-state index contributed by atoms with van der Waals surface area (Å²) >= 11 is 0. The van der Waals surface area contributed by atoms with Crippen molar-refractivity contribution in [1.29, 1.82) is 0 Å². The largest absolute Gasteiger partial charge is 0.495 e. The van der Waals surface area contributed by atoms with Gasteiger partial charge in [-0.2, -0.15) is 0 Å². The number of ether oxygens (including phenoxy) is 1. The van der Waals surface area contributed by atoms with Gasteiger partial charge in [-0.05, 0) is 18.6 Å². The average molecular weight is 426 g/mol. The van der Waals surface area contributed by atoms with Gasteiger partial charge in [-0.3, -0.25) is 14.6 Å². The van der Waals surface area contributed by atoms with Crippen LogP contribution < -0.4 is 9.64 Å². The van der Waals surface area contributed by atoms with Crippen LogP contribution in [-0.2, 0) is 4.79 Å². The maximum absolute atomic E-state index is 12.8. The van der Waals surface area contributed by atoms with Gasteiger partial charge in [-0.25, -0.2) is 4.98 Å². The predicted octanol–water partition coefficient (Wildman–Crippen LogP) is 2.47. The van der Waals surface area contributed by atoms with E-state index >= 15 is 0 Å². The highest BCUT2D eigenvalue weighted by molar-refractivity contribution is 5.92. The summed E-state index contributed by atoms with van der Waals surface area (Å²) in [5.74, 6) is 0.750. The monoisotopic (exact) mass is 425 g/mol. The Morgan fingerprint density at radius 3 is 2.55 bits per heavy atom. The molecule has 0 saturated carbocycles. The molecule has 1 saturated heterocycles. The average Bonchev–Trinajstić information content (AvgIpc) is 2.84. The zero-order valence-electron chi connectivity index (χ0n) is 18.4. The molecule has 2 aromatic rings. The Morgan fingerprint density at radius 2 is 1.87 bits per heavy atom. The van der Waals surface area contributed by atoms with Crippen molar-refractivity contribution in [2.45, 2.75) is 26.2 Å². The van der Waals surface area contributed by atoms with E-state index in [1.165, 1.54) is 12.4 Å². The normalized spacial score (nSPS) is 13.7. The van der Waals surface area contributed by atoms with Gasteiger partial charge in [0.25, 0.3) is 5.91 Å². The number of unbranched alkanes of at least 4 members (excludes halogenated alkanes) is 1. The van der Waals surface area contributed by atoms with Crippen LogP contribution in [0.15, 0.2) is 42.9 Å². The van der Waals surface area contributed by atoms with Crippen LogP contribution >= 0.6 is 0 Å². The number of rotatable bonds is 9. The topological polar surface area (TPSA) is 78.9 Å². The van der Waals surface area contributed by atoms with E-state index < -0.39 is 0 Å². The first-order valence-electron chi connectivity index (χ1n) is 10.8. The van der Waals surface area contributed by atoms with Crippen molar-refractivity contribution in [2.24, 2.45) is 0 Å². The lowest BCUT2D eigenvalue weighted by atomic mass is 10.2. The van der Waals surface area contributed by atoms with Crippen molar-refractivity contribution < 1.29 is 14.3 Å². The van der Waals surface area contributed by atoms with E-state index in [4.69, 9.17) is 4.74 Å². The number of piperazine rings is 1. The third-order valence-electron chi connectivity index (χ3n) is 5.50. The fraction of sp³-hybridized carbons (Fsp3) is 0.478. The third-order valence-corrected chi connectivity index (χ3v) is 5.50. The Labute approximate surface area is 183 Å². The first kappa shape index (κ1) is 22.5. The van der Waals surface area contributed by atoms with Gasteiger partial charge in [0.1, 0.15) is 11.4 Å². The Bertz CT molecular complexity index is 853. The standard InChI is InChI=1S/C23H31N5O3/c1-3-4-12-28(23(30)19-18-24-10-11-25-19)13-9-22(29)27-16-14-26(15-17-27)20-7-5-6-8-21(20)31-2/h5-8,10-11,18H,3-4,9,12-17H2,1-2H3. The highest BCUT2D eigenvalue weighted by Gasteiger charge is 2.24. The van der Waals surface area contributed by atoms with Gasteiger partial charge in [0.15, 0.2) is 0 Å². The number of para-hydroxylation sites is 2. The fourth-order valence-electron chi connectivity index (χ4n) is 3.71. The van der Waals surface area contributed by atoms with E-state index in [-0.39, 0.29) is 11.8 Å². The molecule has 8 nitrogen and oxygen atoms in total. The molecule has 1 fully saturated rings. The molecule has 0 unspecified atom stereocenters. The molecule has 0 spiro atoms. The number of carbonyl (C=O) groups is 2. The number of amides is 2. The Balaban J connectivity index is 1.54. The SMILES string of the molecule is CCCCN(CCC(=O)N1CCN(c2ccccc2OC)CC1)C(=O)c1cnccn1. The smallest absolute Gasteiger partial charge is 0.274 e. The second-order valence-corrected chi connectivity index (χ2v) is 7.53. The molecule has 0 N–H and O–H groups in total. The summed E-state index contributed by atoms with van der Waals surface area (Å²) in [5.41, 5.74) is 1.37. The van der Waals surface area contributed by atoms with Crippen LogP contribution in [0, 0.1) is 0 Å². The lowest BCUT2D eigenvalue weighted by molar-refractivity contribution is -0.131. The first-order chi connectivity index (χ1) is 15.1. The molecule has 2 heterocycles. The number of hydrogen-bond acceptors (Lipinski definition) is 6. The van der Waals surface area contributed by atoms with E-state index in [1.54, 1.807) is 18.2 Å². The van der Waals surface area contributed by atoms with Crippen LogP contribution in [0.25, 0.3) is 0 Å². The molecule has 166 valence electrons. The lowest BCUT2D eigenvalue weighted by Crippen LogP contribution is -2.49. The summed E-state index contributed by atoms with van der Waals surface area (Å²) in [6.45, 7) is 5.90. The third kappa shape index (κ3) is 5.93. The van der Waals surface area contributed by atoms with E-state index in [0.29, 0.717) is 38.3 Å². The Morgan fingerprint density at radius 1 is 1.10 bits per heavy atom. The zero-order valence-corrected chi connectivity index (χ0v) is 18.4. The first-order valence-corrected chi connectivity index (χ1v) is 10.8. The van der Waals surface area contributed by atoms with Crippen molar-refractivity contribution in [3.8, 4) is 5.75 Å². The molecule has 3 rings (SSSR count). The van der Waals surface area contributed by atoms with Crippen molar-refractivity contribution in [2.75, 3.05) is 51.3 Å². The molecular formula is C23H31N5O3. The van der Waals surface area contributed by atoms with Crippen LogP contribution in [0.1, 0.15) is 36.7 Å². The number of methoxy groups -OCH3 is 1. The molecule has 1 aromatic heterocycles. The fourth-order valence-corrected chi connectivity index (χ4v) is 3.71. The van der Waals surface area contributed by atoms with Gasteiger partial charge in [0, 0.05) is 58.1 Å². The maximum Gasteiger partial charge on any atom is 0.274 e. The quantitative estimate of drug-likeness (QED) is 0.614. The minimum absolute atomic E-state index is 0.0770. The number of aromatic nitrogens is 2. The molecule has 1 aliphatic rings. The minimum atomic E-state index is -0.171. The molecule has 8 heteroatoms. The van der Waals surface area contributed by atoms with Crippen LogP contribution in [0.3, 0.4) is 0 Å². The Hall–Kier alpha value is -3.16. The second-order valence-electron chi connectivity index (χ2n) is 7.53. The number of benzene rings is 1. The zero-order chi connectivity index (χ0) is 22.1. The summed E-state index contributed by atoms with van der Waals surface area (Å²) in [7, 11) is 1.67. The van der Waals surface area contributed by atoms with Crippen LogP contribution in [0.2, 0.25) is 0 Å². The number of carbonyl (C=O) groups excluding carboxylic acids is 2. The molecular weight excluding hydrogens is 394 g/mol. The number of nitrogens with zero attached hydrogens (tertiary/aromatic N) is 5. The summed E-state index contributed by atoms with van der Waals surface area (Å²) in [4.78, 5) is 39.5. The van der Waals surface area contributed by atoms with E-state index in [9.17, 15) is 9.59 Å². The van der Waals surface area contributed by atoms with Crippen molar-refractivity contribution in [1.82, 2.24) is 19.8 Å². The summed E-state index contributed by atoms with van der Waals surface area (Å²) in [6, 6.07) is 7.94. The molecule has 0 aliphatic carbocycles. The number of hydrogen-bond donors (Lipinski definition) is 0. The predicted molar refractivity (Wildman–Crippen MR) is 119 cm³/mol. The van der Waals surface area contributed by atoms with Gasteiger partial charge < -0.3 is 19.4 Å². The van der Waals surface area contributed by atoms with Crippen molar-refractivity contribution in [3.05, 3.63) is 48.5 Å². The van der Waals surface area contributed by atoms with Crippen molar-refractivity contribution in [3.63, 3.8) is 0 Å². The van der Waals surface area contributed by atoms with E-state index in [1.807, 2.05) is 29.2 Å². The van der Waals surface area contributed by atoms with Gasteiger partial charge in [-0.1, -0.05) is 25.5 Å². The van der Waals surface area contributed by atoms with Gasteiger partial charge in [-0.15, -0.1) is 0 Å². The van der Waals surface area contributed by atoms with Gasteiger partial charge >= 0.3 is 0 Å². The highest BCUT2D eigenvalue weighted by atomic mass is 16.5. The van der Waals surface area contributed by atoms with E-state index in [2.05, 4.69) is 21.8 Å². The molecule has 0 atom stereocenters. The minimum Gasteiger partial charge on any atom is -0.495 e. The highest BCUT2D eigenvalue weighted by Crippen LogP contribution is 2.28. The maximum atomic E-state index is 12.8. The molecule has 1 aromatic carbocycles. The van der Waals surface area contributed by atoms with Crippen molar-refractivity contribution >= 4 is 17.5 Å². The number of anilines is 1.